The minimum absolute atomic E-state index is 0.117. The van der Waals surface area contributed by atoms with E-state index in [1.54, 1.807) is 0 Å². The Morgan fingerprint density at radius 1 is 0.892 bits per heavy atom. The molecule has 0 radical (unpaired) electrons. The number of piperidine rings is 2. The van der Waals surface area contributed by atoms with Gasteiger partial charge in [-0.1, -0.05) is 48.5 Å². The standard InChI is InChI=1S/C13H26N2O2.C13H24N2O.2C2H6/c1-2-14-7-12(8-14)11-4-3-5-15(6-11)9-13(17)10-16;1-10(2)11-5-8-15(9-6-11)13(16)12-4-3-7-14-12;2*1-2/h11-13,16-17H,2-10H2,1H3;10-12,14H,3-9H2,1-2H3;2*1-2H3. The van der Waals surface area contributed by atoms with E-state index in [-0.39, 0.29) is 12.6 Å². The topological polar surface area (TPSA) is 79.3 Å². The number of nitrogens with one attached hydrogen (secondary N) is 1. The third-order valence-corrected chi connectivity index (χ3v) is 8.47. The molecule has 0 spiro atoms. The molecule has 1 amide bonds. The van der Waals surface area contributed by atoms with Crippen molar-refractivity contribution in [1.82, 2.24) is 20.0 Å². The molecule has 0 aromatic carbocycles. The minimum Gasteiger partial charge on any atom is -0.394 e. The van der Waals surface area contributed by atoms with Crippen molar-refractivity contribution in [3.8, 4) is 0 Å². The molecule has 4 heterocycles. The third-order valence-electron chi connectivity index (χ3n) is 8.47. The highest BCUT2D eigenvalue weighted by Crippen LogP contribution is 2.30. The van der Waals surface area contributed by atoms with Crippen LogP contribution in [0.15, 0.2) is 0 Å². The van der Waals surface area contributed by atoms with Gasteiger partial charge >= 0.3 is 0 Å². The number of likely N-dealkylation sites (tertiary alicyclic amines) is 3. The molecule has 0 saturated carbocycles. The van der Waals surface area contributed by atoms with E-state index in [0.717, 1.165) is 69.2 Å². The number of aliphatic hydroxyl groups excluding tert-OH is 2. The molecule has 220 valence electrons. The van der Waals surface area contributed by atoms with Gasteiger partial charge in [0, 0.05) is 39.3 Å². The molecule has 37 heavy (non-hydrogen) atoms. The van der Waals surface area contributed by atoms with E-state index in [1.165, 1.54) is 45.3 Å². The average molecular weight is 527 g/mol. The molecule has 3 unspecified atom stereocenters. The van der Waals surface area contributed by atoms with Crippen LogP contribution in [0.1, 0.15) is 87.0 Å². The van der Waals surface area contributed by atoms with Crippen molar-refractivity contribution in [3.63, 3.8) is 0 Å². The van der Waals surface area contributed by atoms with Gasteiger partial charge in [-0.25, -0.2) is 0 Å². The molecule has 7 heteroatoms. The van der Waals surface area contributed by atoms with Crippen LogP contribution in [0, 0.1) is 23.7 Å². The van der Waals surface area contributed by atoms with E-state index < -0.39 is 6.10 Å². The van der Waals surface area contributed by atoms with E-state index in [2.05, 4.69) is 40.8 Å². The second kappa shape index (κ2) is 19.3. The number of hydrogen-bond acceptors (Lipinski definition) is 6. The van der Waals surface area contributed by atoms with Crippen molar-refractivity contribution in [2.75, 3.05) is 65.5 Å². The number of amides is 1. The molecular weight excluding hydrogens is 464 g/mol. The van der Waals surface area contributed by atoms with Crippen LogP contribution in [0.5, 0.6) is 0 Å². The first-order chi connectivity index (χ1) is 17.9. The molecule has 4 fully saturated rings. The molecule has 4 saturated heterocycles. The normalized spacial score (nSPS) is 26.2. The number of nitrogens with zero attached hydrogens (tertiary/aromatic N) is 3. The highest BCUT2D eigenvalue weighted by atomic mass is 16.3. The third kappa shape index (κ3) is 11.5. The fourth-order valence-electron chi connectivity index (χ4n) is 6.07. The number of rotatable bonds is 7. The monoisotopic (exact) mass is 526 g/mol. The number of carbonyl (C=O) groups is 1. The summed E-state index contributed by atoms with van der Waals surface area (Å²) in [6.45, 7) is 24.2. The second-order valence-electron chi connectivity index (χ2n) is 11.2. The predicted octanol–water partition coefficient (Wildman–Crippen LogP) is 3.69. The van der Waals surface area contributed by atoms with Gasteiger partial charge in [0.1, 0.15) is 0 Å². The Hall–Kier alpha value is -0.730. The summed E-state index contributed by atoms with van der Waals surface area (Å²) in [6, 6.07) is 0.121. The lowest BCUT2D eigenvalue weighted by Crippen LogP contribution is -2.53. The van der Waals surface area contributed by atoms with Crippen LogP contribution < -0.4 is 5.32 Å². The first-order valence-electron chi connectivity index (χ1n) is 15.7. The minimum atomic E-state index is -0.567. The van der Waals surface area contributed by atoms with Gasteiger partial charge < -0.3 is 30.2 Å². The fourth-order valence-corrected chi connectivity index (χ4v) is 6.07. The maximum absolute atomic E-state index is 12.1. The molecule has 0 bridgehead atoms. The second-order valence-corrected chi connectivity index (χ2v) is 11.2. The van der Waals surface area contributed by atoms with Gasteiger partial charge in [-0.05, 0) is 81.8 Å². The molecule has 7 nitrogen and oxygen atoms in total. The molecule has 4 aliphatic rings. The Morgan fingerprint density at radius 3 is 2.03 bits per heavy atom. The van der Waals surface area contributed by atoms with Crippen molar-refractivity contribution in [2.24, 2.45) is 23.7 Å². The Kier molecular flexibility index (Phi) is 17.9. The zero-order valence-electron chi connectivity index (χ0n) is 25.4. The highest BCUT2D eigenvalue weighted by Gasteiger charge is 2.35. The summed E-state index contributed by atoms with van der Waals surface area (Å²) >= 11 is 0. The molecule has 4 rings (SSSR count). The Balaban J connectivity index is 0.000000327. The van der Waals surface area contributed by atoms with Gasteiger partial charge in [-0.3, -0.25) is 4.79 Å². The molecule has 3 atom stereocenters. The molecular formula is C30H62N4O3. The summed E-state index contributed by atoms with van der Waals surface area (Å²) in [5.41, 5.74) is 0. The molecule has 3 N–H and O–H groups in total. The maximum atomic E-state index is 12.1. The Labute approximate surface area is 229 Å². The SMILES string of the molecule is CC.CC.CC(C)C1CCN(C(=O)C2CCCN2)CC1.CCN1CC(C2CCCN(CC(O)CO)C2)C1. The van der Waals surface area contributed by atoms with E-state index >= 15 is 0 Å². The number of aliphatic hydroxyl groups is 2. The van der Waals surface area contributed by atoms with E-state index in [1.807, 2.05) is 27.7 Å². The molecule has 0 aromatic rings. The van der Waals surface area contributed by atoms with Crippen LogP contribution in [0.4, 0.5) is 0 Å². The summed E-state index contributed by atoms with van der Waals surface area (Å²) in [5, 5.41) is 21.7. The van der Waals surface area contributed by atoms with Crippen LogP contribution in [-0.4, -0.2) is 108 Å². The van der Waals surface area contributed by atoms with Crippen molar-refractivity contribution in [3.05, 3.63) is 0 Å². The Bertz CT molecular complexity index is 571. The average Bonchev–Trinajstić information content (AvgIpc) is 3.46. The van der Waals surface area contributed by atoms with E-state index in [4.69, 9.17) is 5.11 Å². The molecule has 4 aliphatic heterocycles. The summed E-state index contributed by atoms with van der Waals surface area (Å²) in [4.78, 5) is 19.0. The van der Waals surface area contributed by atoms with Crippen LogP contribution in [-0.2, 0) is 4.79 Å². The number of carbonyl (C=O) groups excluding carboxylic acids is 1. The van der Waals surface area contributed by atoms with E-state index in [0.29, 0.717) is 12.5 Å². The van der Waals surface area contributed by atoms with Crippen molar-refractivity contribution in [2.45, 2.75) is 99.1 Å². The summed E-state index contributed by atoms with van der Waals surface area (Å²) in [5.74, 6) is 3.60. The van der Waals surface area contributed by atoms with E-state index in [9.17, 15) is 9.90 Å². The van der Waals surface area contributed by atoms with Crippen molar-refractivity contribution >= 4 is 5.91 Å². The van der Waals surface area contributed by atoms with Gasteiger partial charge in [-0.15, -0.1) is 0 Å². The highest BCUT2D eigenvalue weighted by molar-refractivity contribution is 5.82. The molecule has 0 aliphatic carbocycles. The van der Waals surface area contributed by atoms with Crippen molar-refractivity contribution < 1.29 is 15.0 Å². The Morgan fingerprint density at radius 2 is 1.51 bits per heavy atom. The number of β-amino-alcohol motifs (C(OH)–C–C–N with tert-alkyl or cyclic N) is 1. The van der Waals surface area contributed by atoms with Gasteiger partial charge in [0.05, 0.1) is 18.8 Å². The van der Waals surface area contributed by atoms with Crippen molar-refractivity contribution in [1.29, 1.82) is 0 Å². The smallest absolute Gasteiger partial charge is 0.239 e. The summed E-state index contributed by atoms with van der Waals surface area (Å²) in [7, 11) is 0. The molecule has 0 aromatic heterocycles. The zero-order valence-corrected chi connectivity index (χ0v) is 25.4. The van der Waals surface area contributed by atoms with Gasteiger partial charge in [0.25, 0.3) is 0 Å². The fraction of sp³-hybridized carbons (Fsp3) is 0.967. The number of hydrogen-bond donors (Lipinski definition) is 3. The summed E-state index contributed by atoms with van der Waals surface area (Å²) in [6.07, 6.45) is 6.58. The van der Waals surface area contributed by atoms with Gasteiger partial charge in [0.15, 0.2) is 0 Å². The van der Waals surface area contributed by atoms with Crippen LogP contribution in [0.2, 0.25) is 0 Å². The van der Waals surface area contributed by atoms with Crippen LogP contribution in [0.3, 0.4) is 0 Å². The summed E-state index contributed by atoms with van der Waals surface area (Å²) < 4.78 is 0. The van der Waals surface area contributed by atoms with Gasteiger partial charge in [0.2, 0.25) is 5.91 Å². The lowest BCUT2D eigenvalue weighted by Gasteiger charge is -2.46. The van der Waals surface area contributed by atoms with Crippen LogP contribution >= 0.6 is 0 Å². The quantitative estimate of drug-likeness (QED) is 0.470. The lowest BCUT2D eigenvalue weighted by atomic mass is 9.80. The first kappa shape index (κ1) is 34.3. The van der Waals surface area contributed by atoms with Crippen LogP contribution in [0.25, 0.3) is 0 Å². The van der Waals surface area contributed by atoms with Gasteiger partial charge in [-0.2, -0.15) is 0 Å². The maximum Gasteiger partial charge on any atom is 0.239 e. The predicted molar refractivity (Wildman–Crippen MR) is 156 cm³/mol. The largest absolute Gasteiger partial charge is 0.394 e. The zero-order chi connectivity index (χ0) is 27.8. The lowest BCUT2D eigenvalue weighted by molar-refractivity contribution is -0.134. The first-order valence-corrected chi connectivity index (χ1v) is 15.7.